The fourth-order valence-corrected chi connectivity index (χ4v) is 3.83. The van der Waals surface area contributed by atoms with Gasteiger partial charge in [0.05, 0.1) is 6.04 Å². The molecule has 0 aromatic heterocycles. The zero-order chi connectivity index (χ0) is 14.7. The summed E-state index contributed by atoms with van der Waals surface area (Å²) in [7, 11) is 0. The summed E-state index contributed by atoms with van der Waals surface area (Å²) in [5.41, 5.74) is 0. The number of carbonyl (C=O) groups is 1. The zero-order valence-electron chi connectivity index (χ0n) is 13.5. The molecule has 0 radical (unpaired) electrons. The molecule has 0 aromatic carbocycles. The molecule has 120 valence electrons. The van der Waals surface area contributed by atoms with E-state index in [2.05, 4.69) is 22.0 Å². The van der Waals surface area contributed by atoms with E-state index in [1.165, 1.54) is 25.8 Å². The summed E-state index contributed by atoms with van der Waals surface area (Å²) in [6, 6.07) is 0.825. The van der Waals surface area contributed by atoms with E-state index < -0.39 is 0 Å². The average Bonchev–Trinajstić information content (AvgIpc) is 3.23. The van der Waals surface area contributed by atoms with Crippen LogP contribution in [0.15, 0.2) is 0 Å². The highest BCUT2D eigenvalue weighted by molar-refractivity contribution is 5.82. The van der Waals surface area contributed by atoms with Gasteiger partial charge in [0.1, 0.15) is 0 Å². The molecule has 4 heteroatoms. The molecule has 21 heavy (non-hydrogen) atoms. The first-order valence-electron chi connectivity index (χ1n) is 9.04. The number of carbonyl (C=O) groups excluding carboxylic acids is 1. The van der Waals surface area contributed by atoms with Gasteiger partial charge in [-0.1, -0.05) is 6.92 Å². The van der Waals surface area contributed by atoms with Crippen molar-refractivity contribution in [3.05, 3.63) is 0 Å². The largest absolute Gasteiger partial charge is 0.341 e. The first-order chi connectivity index (χ1) is 10.3. The van der Waals surface area contributed by atoms with Gasteiger partial charge in [-0.15, -0.1) is 0 Å². The predicted molar refractivity (Wildman–Crippen MR) is 85.2 cm³/mol. The van der Waals surface area contributed by atoms with Crippen LogP contribution in [0.2, 0.25) is 0 Å². The van der Waals surface area contributed by atoms with Crippen LogP contribution in [0.25, 0.3) is 0 Å². The van der Waals surface area contributed by atoms with Crippen molar-refractivity contribution < 1.29 is 4.79 Å². The Labute approximate surface area is 129 Å². The molecule has 1 N–H and O–H groups in total. The number of amides is 1. The number of nitrogens with one attached hydrogen (secondary N) is 1. The van der Waals surface area contributed by atoms with Crippen LogP contribution in [0.4, 0.5) is 0 Å². The maximum Gasteiger partial charge on any atom is 0.239 e. The second-order valence-electron chi connectivity index (χ2n) is 7.15. The highest BCUT2D eigenvalue weighted by Gasteiger charge is 2.34. The van der Waals surface area contributed by atoms with Crippen molar-refractivity contribution >= 4 is 5.91 Å². The molecule has 0 bridgehead atoms. The number of rotatable bonds is 6. The number of hydrogen-bond donors (Lipinski definition) is 1. The number of nitrogens with zero attached hydrogens (tertiary/aromatic N) is 2. The van der Waals surface area contributed by atoms with E-state index in [0.29, 0.717) is 11.9 Å². The average molecular weight is 293 g/mol. The molecule has 3 aliphatic rings. The molecule has 2 saturated heterocycles. The summed E-state index contributed by atoms with van der Waals surface area (Å²) < 4.78 is 0. The monoisotopic (exact) mass is 293 g/mol. The van der Waals surface area contributed by atoms with Gasteiger partial charge in [0.2, 0.25) is 5.91 Å². The van der Waals surface area contributed by atoms with Gasteiger partial charge in [-0.2, -0.15) is 0 Å². The van der Waals surface area contributed by atoms with E-state index in [1.807, 2.05) is 0 Å². The highest BCUT2D eigenvalue weighted by Crippen LogP contribution is 2.28. The molecule has 0 aromatic rings. The molecule has 1 aliphatic carbocycles. The van der Waals surface area contributed by atoms with Crippen LogP contribution in [0, 0.1) is 5.92 Å². The van der Waals surface area contributed by atoms with E-state index in [4.69, 9.17) is 0 Å². The third-order valence-corrected chi connectivity index (χ3v) is 5.36. The van der Waals surface area contributed by atoms with Gasteiger partial charge in [-0.3, -0.25) is 9.69 Å². The van der Waals surface area contributed by atoms with Crippen LogP contribution in [0.5, 0.6) is 0 Å². The summed E-state index contributed by atoms with van der Waals surface area (Å²) in [6.07, 6.45) is 8.52. The lowest BCUT2D eigenvalue weighted by molar-refractivity contribution is -0.137. The van der Waals surface area contributed by atoms with Gasteiger partial charge in [-0.05, 0) is 70.5 Å². The second-order valence-corrected chi connectivity index (χ2v) is 7.15. The van der Waals surface area contributed by atoms with E-state index in [9.17, 15) is 4.79 Å². The number of likely N-dealkylation sites (tertiary alicyclic amines) is 2. The first-order valence-corrected chi connectivity index (χ1v) is 9.04. The van der Waals surface area contributed by atoms with Crippen molar-refractivity contribution in [1.29, 1.82) is 0 Å². The van der Waals surface area contributed by atoms with Crippen LogP contribution >= 0.6 is 0 Å². The summed E-state index contributed by atoms with van der Waals surface area (Å²) in [4.78, 5) is 17.3. The van der Waals surface area contributed by atoms with Gasteiger partial charge in [0.15, 0.2) is 0 Å². The molecule has 1 atom stereocenters. The first kappa shape index (κ1) is 15.3. The Hall–Kier alpha value is -0.610. The summed E-state index contributed by atoms with van der Waals surface area (Å²) in [5, 5.41) is 3.69. The SMILES string of the molecule is CCCN1CCCC1C(=O)N1CCC(NCC2CC2)CC1. The van der Waals surface area contributed by atoms with Crippen molar-refractivity contribution in [3.63, 3.8) is 0 Å². The highest BCUT2D eigenvalue weighted by atomic mass is 16.2. The van der Waals surface area contributed by atoms with E-state index in [1.54, 1.807) is 0 Å². The van der Waals surface area contributed by atoms with Crippen molar-refractivity contribution in [3.8, 4) is 0 Å². The van der Waals surface area contributed by atoms with Crippen LogP contribution in [0.3, 0.4) is 0 Å². The van der Waals surface area contributed by atoms with Crippen LogP contribution in [-0.4, -0.2) is 60.5 Å². The van der Waals surface area contributed by atoms with Crippen molar-refractivity contribution in [2.24, 2.45) is 5.92 Å². The van der Waals surface area contributed by atoms with Crippen LogP contribution in [0.1, 0.15) is 51.9 Å². The zero-order valence-corrected chi connectivity index (χ0v) is 13.5. The Bertz CT molecular complexity index is 348. The molecule has 1 saturated carbocycles. The third kappa shape index (κ3) is 3.98. The molecular weight excluding hydrogens is 262 g/mol. The summed E-state index contributed by atoms with van der Waals surface area (Å²) in [6.45, 7) is 7.51. The standard InChI is InChI=1S/C17H31N3O/c1-2-9-19-10-3-4-16(19)17(21)20-11-7-15(8-12-20)18-13-14-5-6-14/h14-16,18H,2-13H2,1H3. The Morgan fingerprint density at radius 3 is 2.52 bits per heavy atom. The Balaban J connectivity index is 1.43. The predicted octanol–water partition coefficient (Wildman–Crippen LogP) is 1.85. The maximum absolute atomic E-state index is 12.7. The maximum atomic E-state index is 12.7. The third-order valence-electron chi connectivity index (χ3n) is 5.36. The lowest BCUT2D eigenvalue weighted by atomic mass is 10.0. The molecule has 2 aliphatic heterocycles. The summed E-state index contributed by atoms with van der Waals surface area (Å²) >= 11 is 0. The lowest BCUT2D eigenvalue weighted by Crippen LogP contribution is -2.51. The fraction of sp³-hybridized carbons (Fsp3) is 0.941. The molecule has 3 fully saturated rings. The van der Waals surface area contributed by atoms with Crippen molar-refractivity contribution in [1.82, 2.24) is 15.1 Å². The molecule has 2 heterocycles. The van der Waals surface area contributed by atoms with Gasteiger partial charge in [-0.25, -0.2) is 0 Å². The van der Waals surface area contributed by atoms with Gasteiger partial charge in [0, 0.05) is 19.1 Å². The molecular formula is C17H31N3O. The topological polar surface area (TPSA) is 35.6 Å². The smallest absolute Gasteiger partial charge is 0.239 e. The Kier molecular flexibility index (Phi) is 5.17. The van der Waals surface area contributed by atoms with E-state index >= 15 is 0 Å². The van der Waals surface area contributed by atoms with Crippen LogP contribution in [-0.2, 0) is 4.79 Å². The minimum atomic E-state index is 0.181. The Morgan fingerprint density at radius 1 is 1.10 bits per heavy atom. The molecule has 1 amide bonds. The molecule has 0 spiro atoms. The normalized spacial score (nSPS) is 28.2. The van der Waals surface area contributed by atoms with Crippen molar-refractivity contribution in [2.45, 2.75) is 64.0 Å². The molecule has 3 rings (SSSR count). The van der Waals surface area contributed by atoms with Crippen molar-refractivity contribution in [2.75, 3.05) is 32.7 Å². The van der Waals surface area contributed by atoms with E-state index in [0.717, 1.165) is 57.8 Å². The lowest BCUT2D eigenvalue weighted by Gasteiger charge is -2.36. The van der Waals surface area contributed by atoms with Crippen LogP contribution < -0.4 is 5.32 Å². The molecule has 1 unspecified atom stereocenters. The van der Waals surface area contributed by atoms with Gasteiger partial charge < -0.3 is 10.2 Å². The van der Waals surface area contributed by atoms with Gasteiger partial charge in [0.25, 0.3) is 0 Å². The van der Waals surface area contributed by atoms with Gasteiger partial charge >= 0.3 is 0 Å². The minimum absolute atomic E-state index is 0.181. The second kappa shape index (κ2) is 7.10. The minimum Gasteiger partial charge on any atom is -0.341 e. The Morgan fingerprint density at radius 2 is 1.86 bits per heavy atom. The fourth-order valence-electron chi connectivity index (χ4n) is 3.83. The van der Waals surface area contributed by atoms with E-state index in [-0.39, 0.29) is 6.04 Å². The molecule has 4 nitrogen and oxygen atoms in total. The number of hydrogen-bond acceptors (Lipinski definition) is 3. The summed E-state index contributed by atoms with van der Waals surface area (Å²) in [5.74, 6) is 1.35. The number of piperidine rings is 1. The quantitative estimate of drug-likeness (QED) is 0.812.